The van der Waals surface area contributed by atoms with Crippen molar-refractivity contribution in [2.24, 2.45) is 5.92 Å². The number of aromatic nitrogens is 4. The lowest BCUT2D eigenvalue weighted by molar-refractivity contribution is -0.151. The Morgan fingerprint density at radius 3 is 3.03 bits per heavy atom. The summed E-state index contributed by atoms with van der Waals surface area (Å²) in [5, 5.41) is 4.27. The highest BCUT2D eigenvalue weighted by molar-refractivity contribution is 6.31. The van der Waals surface area contributed by atoms with Gasteiger partial charge in [-0.25, -0.2) is 19.3 Å². The molecule has 0 aliphatic carbocycles. The maximum atomic E-state index is 14.4. The second-order valence-electron chi connectivity index (χ2n) is 7.65. The first-order chi connectivity index (χ1) is 15.4. The molecule has 1 saturated heterocycles. The largest absolute Gasteiger partial charge is 0.456 e. The Kier molecular flexibility index (Phi) is 6.50. The molecule has 11 heteroatoms. The van der Waals surface area contributed by atoms with Crippen LogP contribution in [0.15, 0.2) is 24.7 Å². The summed E-state index contributed by atoms with van der Waals surface area (Å²) >= 11 is 6.05. The van der Waals surface area contributed by atoms with Crippen LogP contribution in [0.1, 0.15) is 19.8 Å². The zero-order valence-corrected chi connectivity index (χ0v) is 18.2. The van der Waals surface area contributed by atoms with Crippen molar-refractivity contribution in [3.05, 3.63) is 35.5 Å². The number of pyridine rings is 1. The number of carbonyl (C=O) groups is 2. The molecule has 0 spiro atoms. The van der Waals surface area contributed by atoms with E-state index in [1.807, 2.05) is 0 Å². The predicted molar refractivity (Wildman–Crippen MR) is 117 cm³/mol. The zero-order chi connectivity index (χ0) is 22.7. The van der Waals surface area contributed by atoms with E-state index >= 15 is 0 Å². The fourth-order valence-corrected chi connectivity index (χ4v) is 3.90. The van der Waals surface area contributed by atoms with Crippen LogP contribution in [0.3, 0.4) is 0 Å². The van der Waals surface area contributed by atoms with Gasteiger partial charge < -0.3 is 19.9 Å². The summed E-state index contributed by atoms with van der Waals surface area (Å²) in [7, 11) is 0. The summed E-state index contributed by atoms with van der Waals surface area (Å²) in [6.45, 7) is 2.55. The number of halogens is 2. The van der Waals surface area contributed by atoms with Crippen molar-refractivity contribution in [3.63, 3.8) is 0 Å². The van der Waals surface area contributed by atoms with Crippen LogP contribution in [-0.4, -0.2) is 63.0 Å². The number of aromatic amines is 1. The third-order valence-electron chi connectivity index (χ3n) is 5.31. The summed E-state index contributed by atoms with van der Waals surface area (Å²) in [5.41, 5.74) is 1.30. The van der Waals surface area contributed by atoms with Crippen LogP contribution in [0.4, 0.5) is 10.2 Å². The minimum atomic E-state index is -0.566. The number of nitrogens with zero attached hydrogens (tertiary/aromatic N) is 4. The van der Waals surface area contributed by atoms with E-state index in [1.54, 1.807) is 17.2 Å². The molecule has 1 atom stereocenters. The normalized spacial score (nSPS) is 16.2. The second kappa shape index (κ2) is 9.47. The third kappa shape index (κ3) is 4.96. The van der Waals surface area contributed by atoms with Gasteiger partial charge in [-0.15, -0.1) is 0 Å². The average molecular weight is 461 g/mol. The lowest BCUT2D eigenvalue weighted by Crippen LogP contribution is -2.43. The first-order valence-corrected chi connectivity index (χ1v) is 10.6. The summed E-state index contributed by atoms with van der Waals surface area (Å²) in [4.78, 5) is 40.5. The first kappa shape index (κ1) is 21.9. The number of piperidine rings is 1. The summed E-state index contributed by atoms with van der Waals surface area (Å²) in [5.74, 6) is -0.750. The molecular weight excluding hydrogens is 439 g/mol. The number of fused-ring (bicyclic) bond motifs is 1. The van der Waals surface area contributed by atoms with Crippen molar-refractivity contribution in [2.45, 2.75) is 19.8 Å². The molecule has 1 aliphatic heterocycles. The number of hydrogen-bond donors (Lipinski definition) is 2. The lowest BCUT2D eigenvalue weighted by atomic mass is 9.98. The summed E-state index contributed by atoms with van der Waals surface area (Å²) in [6, 6.07) is 1.75. The van der Waals surface area contributed by atoms with Crippen molar-refractivity contribution >= 4 is 40.3 Å². The molecule has 0 unspecified atom stereocenters. The quantitative estimate of drug-likeness (QED) is 0.543. The highest BCUT2D eigenvalue weighted by atomic mass is 35.5. The van der Waals surface area contributed by atoms with Gasteiger partial charge in [-0.3, -0.25) is 9.59 Å². The molecule has 0 aromatic carbocycles. The molecule has 3 aromatic heterocycles. The number of H-pyrrole nitrogens is 1. The van der Waals surface area contributed by atoms with Crippen LogP contribution >= 0.6 is 11.6 Å². The van der Waals surface area contributed by atoms with E-state index in [0.717, 1.165) is 24.4 Å². The average Bonchev–Trinajstić information content (AvgIpc) is 3.20. The number of carbonyl (C=O) groups excluding carboxylic acids is 2. The van der Waals surface area contributed by atoms with Crippen molar-refractivity contribution in [1.29, 1.82) is 0 Å². The minimum absolute atomic E-state index is 0.0858. The van der Waals surface area contributed by atoms with E-state index in [2.05, 4.69) is 25.3 Å². The van der Waals surface area contributed by atoms with Crippen molar-refractivity contribution in [3.8, 4) is 11.4 Å². The smallest absolute Gasteiger partial charge is 0.303 e. The molecule has 2 N–H and O–H groups in total. The molecule has 9 nitrogen and oxygen atoms in total. The number of ether oxygens (including phenoxy) is 1. The zero-order valence-electron chi connectivity index (χ0n) is 17.4. The van der Waals surface area contributed by atoms with Crippen molar-refractivity contribution < 1.29 is 18.7 Å². The molecule has 0 saturated carbocycles. The number of amides is 1. The van der Waals surface area contributed by atoms with E-state index in [9.17, 15) is 14.0 Å². The fraction of sp³-hybridized carbons (Fsp3) is 0.381. The van der Waals surface area contributed by atoms with Crippen LogP contribution < -0.4 is 5.32 Å². The molecule has 1 aliphatic rings. The van der Waals surface area contributed by atoms with Gasteiger partial charge in [0.25, 0.3) is 5.91 Å². The van der Waals surface area contributed by atoms with Crippen LogP contribution in [0.2, 0.25) is 5.02 Å². The Labute approximate surface area is 188 Å². The number of anilines is 1. The van der Waals surface area contributed by atoms with Gasteiger partial charge in [-0.2, -0.15) is 0 Å². The van der Waals surface area contributed by atoms with Crippen LogP contribution in [0, 0.1) is 11.7 Å². The molecule has 1 amide bonds. The number of esters is 1. The number of nitrogens with one attached hydrogen (secondary N) is 2. The number of likely N-dealkylation sites (tertiary alicyclic amines) is 1. The fourth-order valence-electron chi connectivity index (χ4n) is 3.74. The van der Waals surface area contributed by atoms with Gasteiger partial charge in [0.05, 0.1) is 11.2 Å². The Bertz CT molecular complexity index is 1150. The summed E-state index contributed by atoms with van der Waals surface area (Å²) in [6.07, 6.45) is 6.07. The molecule has 0 bridgehead atoms. The maximum absolute atomic E-state index is 14.4. The molecule has 0 radical (unpaired) electrons. The van der Waals surface area contributed by atoms with E-state index < -0.39 is 11.8 Å². The topological polar surface area (TPSA) is 113 Å². The predicted octanol–water partition coefficient (Wildman–Crippen LogP) is 3.03. The van der Waals surface area contributed by atoms with Crippen LogP contribution in [0.5, 0.6) is 0 Å². The van der Waals surface area contributed by atoms with Gasteiger partial charge in [-0.1, -0.05) is 11.6 Å². The van der Waals surface area contributed by atoms with Crippen molar-refractivity contribution in [1.82, 2.24) is 24.8 Å². The molecule has 1 fully saturated rings. The SMILES string of the molecule is CC(=O)OCC(=O)N1CCC[C@H](CNc2nc(-c3c[nH]c4ncc(Cl)cc34)ncc2F)C1. The Hall–Kier alpha value is -3.27. The molecule has 32 heavy (non-hydrogen) atoms. The van der Waals surface area contributed by atoms with Gasteiger partial charge in [0.15, 0.2) is 24.1 Å². The molecule has 4 heterocycles. The van der Waals surface area contributed by atoms with Gasteiger partial charge in [-0.05, 0) is 24.8 Å². The van der Waals surface area contributed by atoms with Gasteiger partial charge in [0.2, 0.25) is 0 Å². The second-order valence-corrected chi connectivity index (χ2v) is 8.09. The van der Waals surface area contributed by atoms with Gasteiger partial charge in [0.1, 0.15) is 5.65 Å². The maximum Gasteiger partial charge on any atom is 0.303 e. The number of hydrogen-bond acceptors (Lipinski definition) is 7. The molecule has 3 aromatic rings. The highest BCUT2D eigenvalue weighted by Gasteiger charge is 2.24. The van der Waals surface area contributed by atoms with E-state index in [4.69, 9.17) is 16.3 Å². The lowest BCUT2D eigenvalue weighted by Gasteiger charge is -2.32. The van der Waals surface area contributed by atoms with Gasteiger partial charge >= 0.3 is 5.97 Å². The third-order valence-corrected chi connectivity index (χ3v) is 5.52. The Morgan fingerprint density at radius 1 is 1.38 bits per heavy atom. The first-order valence-electron chi connectivity index (χ1n) is 10.2. The Balaban J connectivity index is 1.44. The monoisotopic (exact) mass is 460 g/mol. The van der Waals surface area contributed by atoms with Gasteiger partial charge in [0, 0.05) is 49.9 Å². The Morgan fingerprint density at radius 2 is 2.22 bits per heavy atom. The van der Waals surface area contributed by atoms with Crippen LogP contribution in [0.25, 0.3) is 22.4 Å². The van der Waals surface area contributed by atoms with E-state index in [0.29, 0.717) is 41.7 Å². The standard InChI is InChI=1S/C21H22ClFN6O3/c1-12(30)32-11-18(31)29-4-2-3-13(10-29)6-24-21-17(23)9-27-20(28-21)16-8-26-19-15(16)5-14(22)7-25-19/h5,7-9,13H,2-4,6,10-11H2,1H3,(H,25,26)(H,24,27,28)/t13-/m1/s1. The minimum Gasteiger partial charge on any atom is -0.456 e. The van der Waals surface area contributed by atoms with Crippen molar-refractivity contribution in [2.75, 3.05) is 31.6 Å². The number of rotatable bonds is 6. The molecular formula is C21H22ClFN6O3. The van der Waals surface area contributed by atoms with E-state index in [-0.39, 0.29) is 24.2 Å². The highest BCUT2D eigenvalue weighted by Crippen LogP contribution is 2.28. The molecule has 168 valence electrons. The van der Waals surface area contributed by atoms with E-state index in [1.165, 1.54) is 13.1 Å². The summed E-state index contributed by atoms with van der Waals surface area (Å²) < 4.78 is 19.2. The molecule has 4 rings (SSSR count). The van der Waals surface area contributed by atoms with Crippen LogP contribution in [-0.2, 0) is 14.3 Å².